The number of fused-ring (bicyclic) bond motifs is 8. The Kier molecular flexibility index (Phi) is 6.02. The maximum Gasteiger partial charge on any atom is 0.136 e. The van der Waals surface area contributed by atoms with Gasteiger partial charge in [-0.2, -0.15) is 0 Å². The van der Waals surface area contributed by atoms with E-state index in [1.807, 2.05) is 0 Å². The molecule has 0 aliphatic carbocycles. The van der Waals surface area contributed by atoms with Gasteiger partial charge in [-0.15, -0.1) is 0 Å². The van der Waals surface area contributed by atoms with E-state index in [1.54, 1.807) is 0 Å². The van der Waals surface area contributed by atoms with E-state index in [9.17, 15) is 0 Å². The first-order valence-corrected chi connectivity index (χ1v) is 17.6. The van der Waals surface area contributed by atoms with Gasteiger partial charge in [-0.25, -0.2) is 0 Å². The number of rotatable bonds is 3. The summed E-state index contributed by atoms with van der Waals surface area (Å²) in [6, 6.07) is 66.5. The van der Waals surface area contributed by atoms with Crippen molar-refractivity contribution >= 4 is 75.8 Å². The largest absolute Gasteiger partial charge is 0.456 e. The van der Waals surface area contributed by atoms with Gasteiger partial charge in [0.2, 0.25) is 0 Å². The molecule has 10 aromatic carbocycles. The lowest BCUT2D eigenvalue weighted by molar-refractivity contribution is 0.669. The molecule has 0 radical (unpaired) electrons. The highest BCUT2D eigenvalue weighted by molar-refractivity contribution is 6.22. The second kappa shape index (κ2) is 10.9. The van der Waals surface area contributed by atoms with Crippen LogP contribution in [0.2, 0.25) is 0 Å². The van der Waals surface area contributed by atoms with Crippen LogP contribution in [0.4, 0.5) is 0 Å². The average Bonchev–Trinajstić information content (AvgIpc) is 3.55. The Hall–Kier alpha value is -6.70. The van der Waals surface area contributed by atoms with Gasteiger partial charge < -0.3 is 4.42 Å². The van der Waals surface area contributed by atoms with Crippen molar-refractivity contribution in [3.63, 3.8) is 0 Å². The second-order valence-electron chi connectivity index (χ2n) is 13.7. The number of hydrogen-bond acceptors (Lipinski definition) is 1. The van der Waals surface area contributed by atoms with Crippen LogP contribution in [-0.4, -0.2) is 0 Å². The zero-order chi connectivity index (χ0) is 33.5. The van der Waals surface area contributed by atoms with E-state index in [4.69, 9.17) is 4.42 Å². The molecule has 236 valence electrons. The summed E-state index contributed by atoms with van der Waals surface area (Å²) in [6.45, 7) is 0. The number of hydrogen-bond donors (Lipinski definition) is 0. The van der Waals surface area contributed by atoms with Gasteiger partial charge in [-0.3, -0.25) is 0 Å². The molecule has 0 N–H and O–H groups in total. The van der Waals surface area contributed by atoms with Crippen molar-refractivity contribution in [2.24, 2.45) is 0 Å². The molecular weight excluding hydrogens is 617 g/mol. The Balaban J connectivity index is 1.18. The van der Waals surface area contributed by atoms with Crippen LogP contribution >= 0.6 is 0 Å². The van der Waals surface area contributed by atoms with E-state index in [2.05, 4.69) is 182 Å². The highest BCUT2D eigenvalue weighted by atomic mass is 16.3. The molecule has 0 bridgehead atoms. The van der Waals surface area contributed by atoms with E-state index in [0.717, 1.165) is 21.9 Å². The Morgan fingerprint density at radius 2 is 0.745 bits per heavy atom. The molecule has 0 saturated carbocycles. The van der Waals surface area contributed by atoms with Crippen molar-refractivity contribution in [1.82, 2.24) is 0 Å². The fraction of sp³-hybridized carbons (Fsp3) is 0. The van der Waals surface area contributed by atoms with Crippen molar-refractivity contribution in [2.75, 3.05) is 0 Å². The maximum absolute atomic E-state index is 6.40. The monoisotopic (exact) mass is 646 g/mol. The lowest BCUT2D eigenvalue weighted by atomic mass is 9.84. The molecule has 0 spiro atoms. The van der Waals surface area contributed by atoms with Gasteiger partial charge in [-0.05, 0) is 130 Å². The molecule has 1 aromatic heterocycles. The summed E-state index contributed by atoms with van der Waals surface area (Å²) >= 11 is 0. The first-order valence-electron chi connectivity index (χ1n) is 17.6. The average molecular weight is 647 g/mol. The van der Waals surface area contributed by atoms with Gasteiger partial charge >= 0.3 is 0 Å². The summed E-state index contributed by atoms with van der Waals surface area (Å²) in [6.07, 6.45) is 0. The molecule has 0 atom stereocenters. The molecule has 1 heteroatoms. The molecule has 0 aliphatic heterocycles. The standard InChI is InChI=1S/C50H30O/c1-2-12-32-25-37(22-21-31(32)11-1)49-40-17-7-9-19-42(40)50(43-20-10-8-18-41(43)49)38-26-35-15-5-6-16-39(35)44(29-38)36-23-24-47-45(28-36)46-27-33-13-3-4-14-34(33)30-48(46)51-47/h1-30H. The van der Waals surface area contributed by atoms with Crippen LogP contribution in [0.3, 0.4) is 0 Å². The molecule has 1 nitrogen and oxygen atoms in total. The molecule has 11 rings (SSSR count). The molecule has 1 heterocycles. The topological polar surface area (TPSA) is 13.1 Å². The Labute approximate surface area is 294 Å². The fourth-order valence-corrected chi connectivity index (χ4v) is 8.42. The second-order valence-corrected chi connectivity index (χ2v) is 13.7. The predicted molar refractivity (Wildman–Crippen MR) is 218 cm³/mol. The summed E-state index contributed by atoms with van der Waals surface area (Å²) in [5, 5.41) is 14.7. The highest BCUT2D eigenvalue weighted by Gasteiger charge is 2.19. The van der Waals surface area contributed by atoms with Crippen molar-refractivity contribution in [3.8, 4) is 33.4 Å². The number of furan rings is 1. The SMILES string of the molecule is c1ccc2cc(-c3c4ccccc4c(-c4cc(-c5ccc6oc7cc8ccccc8cc7c6c5)c5ccccc5c4)c4ccccc34)ccc2c1. The third-order valence-corrected chi connectivity index (χ3v) is 10.8. The zero-order valence-corrected chi connectivity index (χ0v) is 27.7. The first-order chi connectivity index (χ1) is 25.3. The van der Waals surface area contributed by atoms with E-state index in [0.29, 0.717) is 0 Å². The zero-order valence-electron chi connectivity index (χ0n) is 27.7. The minimum Gasteiger partial charge on any atom is -0.456 e. The summed E-state index contributed by atoms with van der Waals surface area (Å²) in [4.78, 5) is 0. The minimum absolute atomic E-state index is 0.908. The van der Waals surface area contributed by atoms with Crippen molar-refractivity contribution in [2.45, 2.75) is 0 Å². The van der Waals surface area contributed by atoms with Crippen molar-refractivity contribution < 1.29 is 4.42 Å². The normalized spacial score (nSPS) is 11.9. The van der Waals surface area contributed by atoms with Gasteiger partial charge in [-0.1, -0.05) is 140 Å². The van der Waals surface area contributed by atoms with Crippen LogP contribution in [-0.2, 0) is 0 Å². The van der Waals surface area contributed by atoms with Gasteiger partial charge in [0.05, 0.1) is 0 Å². The van der Waals surface area contributed by atoms with Crippen LogP contribution < -0.4 is 0 Å². The lowest BCUT2D eigenvalue weighted by Gasteiger charge is -2.19. The molecule has 0 amide bonds. The molecular formula is C50H30O. The minimum atomic E-state index is 0.908. The molecule has 51 heavy (non-hydrogen) atoms. The summed E-state index contributed by atoms with van der Waals surface area (Å²) in [7, 11) is 0. The third kappa shape index (κ3) is 4.35. The summed E-state index contributed by atoms with van der Waals surface area (Å²) in [5.74, 6) is 0. The van der Waals surface area contributed by atoms with Crippen LogP contribution in [0.15, 0.2) is 186 Å². The predicted octanol–water partition coefficient (Wildman–Crippen LogP) is 14.4. The molecule has 11 aromatic rings. The van der Waals surface area contributed by atoms with Crippen LogP contribution in [0, 0.1) is 0 Å². The van der Waals surface area contributed by atoms with Gasteiger partial charge in [0.15, 0.2) is 0 Å². The Morgan fingerprint density at radius 3 is 1.43 bits per heavy atom. The van der Waals surface area contributed by atoms with Crippen LogP contribution in [0.25, 0.3) is 109 Å². The van der Waals surface area contributed by atoms with E-state index in [1.165, 1.54) is 87.2 Å². The Morgan fingerprint density at radius 1 is 0.255 bits per heavy atom. The lowest BCUT2D eigenvalue weighted by Crippen LogP contribution is -1.92. The highest BCUT2D eigenvalue weighted by Crippen LogP contribution is 2.46. The third-order valence-electron chi connectivity index (χ3n) is 10.8. The van der Waals surface area contributed by atoms with E-state index >= 15 is 0 Å². The maximum atomic E-state index is 6.40. The van der Waals surface area contributed by atoms with Gasteiger partial charge in [0, 0.05) is 10.8 Å². The quantitative estimate of drug-likeness (QED) is 0.174. The van der Waals surface area contributed by atoms with Gasteiger partial charge in [0.25, 0.3) is 0 Å². The van der Waals surface area contributed by atoms with Crippen LogP contribution in [0.5, 0.6) is 0 Å². The van der Waals surface area contributed by atoms with E-state index in [-0.39, 0.29) is 0 Å². The van der Waals surface area contributed by atoms with E-state index < -0.39 is 0 Å². The van der Waals surface area contributed by atoms with Crippen molar-refractivity contribution in [1.29, 1.82) is 0 Å². The Bertz CT molecular complexity index is 3140. The molecule has 0 aliphatic rings. The fourth-order valence-electron chi connectivity index (χ4n) is 8.42. The molecule has 0 saturated heterocycles. The summed E-state index contributed by atoms with van der Waals surface area (Å²) in [5.41, 5.74) is 9.21. The summed E-state index contributed by atoms with van der Waals surface area (Å²) < 4.78 is 6.40. The van der Waals surface area contributed by atoms with Gasteiger partial charge in [0.1, 0.15) is 11.2 Å². The molecule has 0 unspecified atom stereocenters. The first kappa shape index (κ1) is 28.2. The smallest absolute Gasteiger partial charge is 0.136 e. The van der Waals surface area contributed by atoms with Crippen LogP contribution in [0.1, 0.15) is 0 Å². The molecule has 0 fully saturated rings. The van der Waals surface area contributed by atoms with Crippen molar-refractivity contribution in [3.05, 3.63) is 182 Å². The number of benzene rings is 10.